The Balaban J connectivity index is 1.28. The third-order valence-electron chi connectivity index (χ3n) is 4.78. The summed E-state index contributed by atoms with van der Waals surface area (Å²) in [6, 6.07) is 8.36. The standard InChI is InChI=1S/C19H23N5OS/c1-12-4-5-16-17(8-12)26-19(21-16)23-10-15(11-23)18(25)20-6-7-24-14(3)9-13(2)22-24/h4-5,8-9,15H,6-7,10-11H2,1-3H3,(H,20,25). The number of aryl methyl sites for hydroxylation is 3. The van der Waals surface area contributed by atoms with Crippen LogP contribution in [0.4, 0.5) is 5.13 Å². The maximum absolute atomic E-state index is 12.3. The van der Waals surface area contributed by atoms with Crippen LogP contribution in [0.2, 0.25) is 0 Å². The van der Waals surface area contributed by atoms with Crippen LogP contribution in [0.1, 0.15) is 17.0 Å². The van der Waals surface area contributed by atoms with Crippen LogP contribution >= 0.6 is 11.3 Å². The van der Waals surface area contributed by atoms with Crippen molar-refractivity contribution in [2.45, 2.75) is 27.3 Å². The van der Waals surface area contributed by atoms with Gasteiger partial charge in [0.25, 0.3) is 0 Å². The summed E-state index contributed by atoms with van der Waals surface area (Å²) in [5.74, 6) is 0.170. The second-order valence-corrected chi connectivity index (χ2v) is 8.02. The van der Waals surface area contributed by atoms with Crippen molar-refractivity contribution < 1.29 is 4.79 Å². The van der Waals surface area contributed by atoms with E-state index in [4.69, 9.17) is 0 Å². The number of nitrogens with one attached hydrogen (secondary N) is 1. The molecule has 1 aliphatic rings. The van der Waals surface area contributed by atoms with E-state index in [0.717, 1.165) is 35.1 Å². The molecule has 1 saturated heterocycles. The van der Waals surface area contributed by atoms with Gasteiger partial charge in [-0.15, -0.1) is 0 Å². The fourth-order valence-corrected chi connectivity index (χ4v) is 4.37. The summed E-state index contributed by atoms with van der Waals surface area (Å²) in [5.41, 5.74) is 4.41. The van der Waals surface area contributed by atoms with Crippen molar-refractivity contribution in [1.29, 1.82) is 0 Å². The van der Waals surface area contributed by atoms with E-state index in [9.17, 15) is 4.79 Å². The summed E-state index contributed by atoms with van der Waals surface area (Å²) < 4.78 is 3.14. The molecule has 0 unspecified atom stereocenters. The molecule has 2 aromatic heterocycles. The lowest BCUT2D eigenvalue weighted by Gasteiger charge is -2.37. The first-order chi connectivity index (χ1) is 12.5. The van der Waals surface area contributed by atoms with Gasteiger partial charge in [0.15, 0.2) is 5.13 Å². The van der Waals surface area contributed by atoms with Crippen LogP contribution in [0.3, 0.4) is 0 Å². The number of hydrogen-bond acceptors (Lipinski definition) is 5. The van der Waals surface area contributed by atoms with Crippen molar-refractivity contribution in [3.05, 3.63) is 41.2 Å². The van der Waals surface area contributed by atoms with Gasteiger partial charge in [-0.1, -0.05) is 17.4 Å². The number of fused-ring (bicyclic) bond motifs is 1. The van der Waals surface area contributed by atoms with E-state index in [1.165, 1.54) is 10.3 Å². The first-order valence-corrected chi connectivity index (χ1v) is 9.72. The molecule has 1 aliphatic heterocycles. The fraction of sp³-hybridized carbons (Fsp3) is 0.421. The van der Waals surface area contributed by atoms with Crippen molar-refractivity contribution in [3.8, 4) is 0 Å². The lowest BCUT2D eigenvalue weighted by Crippen LogP contribution is -2.54. The molecule has 0 aliphatic carbocycles. The quantitative estimate of drug-likeness (QED) is 0.751. The summed E-state index contributed by atoms with van der Waals surface area (Å²) in [7, 11) is 0. The molecule has 3 heterocycles. The summed E-state index contributed by atoms with van der Waals surface area (Å²) in [5, 5.41) is 8.46. The van der Waals surface area contributed by atoms with Gasteiger partial charge in [-0.25, -0.2) is 4.98 Å². The van der Waals surface area contributed by atoms with Crippen molar-refractivity contribution in [1.82, 2.24) is 20.1 Å². The summed E-state index contributed by atoms with van der Waals surface area (Å²) in [6.45, 7) is 8.90. The van der Waals surface area contributed by atoms with Gasteiger partial charge in [-0.05, 0) is 44.5 Å². The van der Waals surface area contributed by atoms with Crippen molar-refractivity contribution in [2.24, 2.45) is 5.92 Å². The Hall–Kier alpha value is -2.41. The minimum Gasteiger partial charge on any atom is -0.354 e. The molecule has 1 N–H and O–H groups in total. The summed E-state index contributed by atoms with van der Waals surface area (Å²) >= 11 is 1.70. The van der Waals surface area contributed by atoms with Crippen LogP contribution in [-0.4, -0.2) is 40.3 Å². The molecule has 1 amide bonds. The number of nitrogens with zero attached hydrogens (tertiary/aromatic N) is 4. The van der Waals surface area contributed by atoms with E-state index in [-0.39, 0.29) is 11.8 Å². The molecular formula is C19H23N5OS. The van der Waals surface area contributed by atoms with E-state index < -0.39 is 0 Å². The SMILES string of the molecule is Cc1ccc2nc(N3CC(C(=O)NCCn4nc(C)cc4C)C3)sc2c1. The second kappa shape index (κ2) is 6.72. The number of carbonyl (C=O) groups is 1. The molecule has 0 atom stereocenters. The molecule has 26 heavy (non-hydrogen) atoms. The van der Waals surface area contributed by atoms with E-state index >= 15 is 0 Å². The van der Waals surface area contributed by atoms with Crippen molar-refractivity contribution >= 4 is 32.6 Å². The largest absolute Gasteiger partial charge is 0.354 e. The normalized spacial score (nSPS) is 14.7. The van der Waals surface area contributed by atoms with Gasteiger partial charge in [0.1, 0.15) is 0 Å². The van der Waals surface area contributed by atoms with Gasteiger partial charge < -0.3 is 10.2 Å². The highest BCUT2D eigenvalue weighted by molar-refractivity contribution is 7.22. The zero-order valence-electron chi connectivity index (χ0n) is 15.3. The monoisotopic (exact) mass is 369 g/mol. The number of thiazole rings is 1. The first-order valence-electron chi connectivity index (χ1n) is 8.90. The molecule has 1 aromatic carbocycles. The van der Waals surface area contributed by atoms with Gasteiger partial charge in [-0.2, -0.15) is 5.10 Å². The molecule has 136 valence electrons. The van der Waals surface area contributed by atoms with Gasteiger partial charge in [0, 0.05) is 25.3 Å². The van der Waals surface area contributed by atoms with Crippen molar-refractivity contribution in [3.63, 3.8) is 0 Å². The molecule has 4 rings (SSSR count). The number of anilines is 1. The Morgan fingerprint density at radius 1 is 1.27 bits per heavy atom. The Labute approximate surface area is 156 Å². The van der Waals surface area contributed by atoms with Gasteiger partial charge in [-0.3, -0.25) is 9.48 Å². The molecule has 0 bridgehead atoms. The average molecular weight is 369 g/mol. The van der Waals surface area contributed by atoms with Crippen LogP contribution in [0.25, 0.3) is 10.2 Å². The molecular weight excluding hydrogens is 346 g/mol. The molecule has 0 saturated carbocycles. The molecule has 3 aromatic rings. The van der Waals surface area contributed by atoms with Crippen molar-refractivity contribution in [2.75, 3.05) is 24.5 Å². The molecule has 0 spiro atoms. The highest BCUT2D eigenvalue weighted by Crippen LogP contribution is 2.33. The lowest BCUT2D eigenvalue weighted by atomic mass is 10.0. The molecule has 1 fully saturated rings. The van der Waals surface area contributed by atoms with Crippen LogP contribution in [0.5, 0.6) is 0 Å². The topological polar surface area (TPSA) is 63.1 Å². The second-order valence-electron chi connectivity index (χ2n) is 7.01. The lowest BCUT2D eigenvalue weighted by molar-refractivity contribution is -0.125. The maximum Gasteiger partial charge on any atom is 0.226 e. The zero-order valence-corrected chi connectivity index (χ0v) is 16.1. The number of carbonyl (C=O) groups excluding carboxylic acids is 1. The van der Waals surface area contributed by atoms with E-state index in [1.54, 1.807) is 11.3 Å². The van der Waals surface area contributed by atoms with E-state index in [1.807, 2.05) is 24.6 Å². The van der Waals surface area contributed by atoms with Crippen LogP contribution in [0, 0.1) is 26.7 Å². The number of amides is 1. The maximum atomic E-state index is 12.3. The number of benzene rings is 1. The minimum absolute atomic E-state index is 0.0456. The Kier molecular flexibility index (Phi) is 4.40. The summed E-state index contributed by atoms with van der Waals surface area (Å²) in [4.78, 5) is 19.2. The Morgan fingerprint density at radius 3 is 2.81 bits per heavy atom. The summed E-state index contributed by atoms with van der Waals surface area (Å²) in [6.07, 6.45) is 0. The Morgan fingerprint density at radius 2 is 2.08 bits per heavy atom. The number of aromatic nitrogens is 3. The Bertz CT molecular complexity index is 954. The molecule has 0 radical (unpaired) electrons. The van der Waals surface area contributed by atoms with E-state index in [2.05, 4.69) is 45.4 Å². The van der Waals surface area contributed by atoms with Crippen LogP contribution in [0.15, 0.2) is 24.3 Å². The van der Waals surface area contributed by atoms with Crippen LogP contribution < -0.4 is 10.2 Å². The third kappa shape index (κ3) is 3.31. The van der Waals surface area contributed by atoms with Gasteiger partial charge >= 0.3 is 0 Å². The highest BCUT2D eigenvalue weighted by atomic mass is 32.1. The smallest absolute Gasteiger partial charge is 0.226 e. The zero-order chi connectivity index (χ0) is 18.3. The predicted molar refractivity (Wildman–Crippen MR) is 105 cm³/mol. The first kappa shape index (κ1) is 17.0. The fourth-order valence-electron chi connectivity index (χ4n) is 3.29. The van der Waals surface area contributed by atoms with Gasteiger partial charge in [0.05, 0.1) is 28.4 Å². The predicted octanol–water partition coefficient (Wildman–Crippen LogP) is 2.67. The minimum atomic E-state index is 0.0456. The van der Waals surface area contributed by atoms with Gasteiger partial charge in [0.2, 0.25) is 5.91 Å². The van der Waals surface area contributed by atoms with E-state index in [0.29, 0.717) is 13.1 Å². The molecule has 7 heteroatoms. The highest BCUT2D eigenvalue weighted by Gasteiger charge is 2.34. The number of hydrogen-bond donors (Lipinski definition) is 1. The third-order valence-corrected chi connectivity index (χ3v) is 5.86. The average Bonchev–Trinajstić information content (AvgIpc) is 3.08. The molecule has 6 nitrogen and oxygen atoms in total. The number of rotatable bonds is 5. The van der Waals surface area contributed by atoms with Crippen LogP contribution in [-0.2, 0) is 11.3 Å².